The summed E-state index contributed by atoms with van der Waals surface area (Å²) in [5.74, 6) is 0.642. The van der Waals surface area contributed by atoms with E-state index in [1.165, 1.54) is 11.6 Å². The number of imidazole rings is 2. The third kappa shape index (κ3) is 3.22. The molecule has 3 aromatic heterocycles. The van der Waals surface area contributed by atoms with Gasteiger partial charge in [-0.25, -0.2) is 4.79 Å². The first-order valence-corrected chi connectivity index (χ1v) is 11.7. The second kappa shape index (κ2) is 8.17. The van der Waals surface area contributed by atoms with Crippen molar-refractivity contribution in [2.45, 2.75) is 40.0 Å². The molecule has 0 aliphatic carbocycles. The molecule has 0 unspecified atom stereocenters. The first-order chi connectivity index (χ1) is 16.3. The van der Waals surface area contributed by atoms with E-state index in [0.717, 1.165) is 57.6 Å². The molecule has 0 aliphatic rings. The van der Waals surface area contributed by atoms with Crippen LogP contribution in [0.3, 0.4) is 0 Å². The van der Waals surface area contributed by atoms with E-state index in [2.05, 4.69) is 55.7 Å². The summed E-state index contributed by atoms with van der Waals surface area (Å²) >= 11 is 0. The summed E-state index contributed by atoms with van der Waals surface area (Å²) in [4.78, 5) is 30.9. The summed E-state index contributed by atoms with van der Waals surface area (Å²) in [6.45, 7) is 6.33. The predicted molar refractivity (Wildman–Crippen MR) is 136 cm³/mol. The first-order valence-electron chi connectivity index (χ1n) is 11.7. The fourth-order valence-electron chi connectivity index (χ4n) is 4.92. The fourth-order valence-corrected chi connectivity index (χ4v) is 4.92. The summed E-state index contributed by atoms with van der Waals surface area (Å²) in [6, 6.07) is 16.7. The van der Waals surface area contributed by atoms with Gasteiger partial charge >= 0.3 is 5.69 Å². The van der Waals surface area contributed by atoms with E-state index in [9.17, 15) is 9.59 Å². The molecule has 7 nitrogen and oxygen atoms in total. The minimum absolute atomic E-state index is 0.333. The van der Waals surface area contributed by atoms with Crippen molar-refractivity contribution in [3.8, 4) is 16.9 Å². The van der Waals surface area contributed by atoms with Crippen molar-refractivity contribution in [2.75, 3.05) is 0 Å². The van der Waals surface area contributed by atoms with Crippen molar-refractivity contribution in [1.29, 1.82) is 0 Å². The topological polar surface area (TPSA) is 66.2 Å². The highest BCUT2D eigenvalue weighted by atomic mass is 16.2. The summed E-state index contributed by atoms with van der Waals surface area (Å²) in [5.41, 5.74) is 6.53. The Balaban J connectivity index is 2.05. The number of unbranched alkanes of at least 4 members (excludes halogenated alkanes) is 1. The lowest BCUT2D eigenvalue weighted by molar-refractivity contribution is 0.706. The predicted octanol–water partition coefficient (Wildman–Crippen LogP) is 4.30. The summed E-state index contributed by atoms with van der Waals surface area (Å²) in [7, 11) is 3.19. The number of hydrogen-bond donors (Lipinski definition) is 0. The lowest BCUT2D eigenvalue weighted by atomic mass is 10.1. The van der Waals surface area contributed by atoms with Gasteiger partial charge in [0.25, 0.3) is 5.56 Å². The van der Waals surface area contributed by atoms with Crippen molar-refractivity contribution < 1.29 is 0 Å². The molecule has 0 aliphatic heterocycles. The van der Waals surface area contributed by atoms with Crippen LogP contribution in [0, 0.1) is 13.8 Å². The van der Waals surface area contributed by atoms with Gasteiger partial charge < -0.3 is 0 Å². The van der Waals surface area contributed by atoms with Crippen LogP contribution in [0.1, 0.15) is 36.6 Å². The van der Waals surface area contributed by atoms with Gasteiger partial charge in [-0.15, -0.1) is 0 Å². The number of hydrogen-bond acceptors (Lipinski definition) is 3. The Morgan fingerprint density at radius 2 is 1.59 bits per heavy atom. The molecule has 0 saturated heterocycles. The van der Waals surface area contributed by atoms with Crippen LogP contribution < -0.4 is 11.2 Å². The van der Waals surface area contributed by atoms with Gasteiger partial charge in [0.05, 0.1) is 11.4 Å². The second-order valence-electron chi connectivity index (χ2n) is 9.07. The van der Waals surface area contributed by atoms with Gasteiger partial charge in [0.2, 0.25) is 5.78 Å². The highest BCUT2D eigenvalue weighted by molar-refractivity contribution is 5.81. The van der Waals surface area contributed by atoms with Gasteiger partial charge in [0, 0.05) is 25.3 Å². The lowest BCUT2D eigenvalue weighted by Crippen LogP contribution is -2.37. The van der Waals surface area contributed by atoms with Gasteiger partial charge in [-0.2, -0.15) is 4.98 Å². The number of nitrogens with zero attached hydrogens (tertiary/aromatic N) is 5. The molecule has 174 valence electrons. The molecule has 34 heavy (non-hydrogen) atoms. The molecule has 0 N–H and O–H groups in total. The quantitative estimate of drug-likeness (QED) is 0.397. The fraction of sp³-hybridized carbons (Fsp3) is 0.296. The third-order valence-corrected chi connectivity index (χ3v) is 6.49. The minimum Gasteiger partial charge on any atom is -0.279 e. The SMILES string of the molecule is CCCCc1c(-c2ccccc2)n(-c2cc(C)cc(C)c2)c2nc3c(c(=O)n(C)c(=O)n3C)n12. The Morgan fingerprint density at radius 3 is 2.24 bits per heavy atom. The summed E-state index contributed by atoms with van der Waals surface area (Å²) < 4.78 is 6.74. The van der Waals surface area contributed by atoms with Crippen molar-refractivity contribution >= 4 is 16.9 Å². The number of fused-ring (bicyclic) bond motifs is 3. The molecule has 0 spiro atoms. The average Bonchev–Trinajstić information content (AvgIpc) is 3.35. The Kier molecular flexibility index (Phi) is 5.27. The zero-order valence-electron chi connectivity index (χ0n) is 20.3. The van der Waals surface area contributed by atoms with Gasteiger partial charge in [0.1, 0.15) is 0 Å². The third-order valence-electron chi connectivity index (χ3n) is 6.49. The monoisotopic (exact) mass is 455 g/mol. The maximum absolute atomic E-state index is 13.4. The molecule has 0 radical (unpaired) electrons. The molecule has 7 heteroatoms. The van der Waals surface area contributed by atoms with Gasteiger partial charge in [0.15, 0.2) is 11.2 Å². The molecule has 0 amide bonds. The Hall–Kier alpha value is -3.87. The molecule has 3 heterocycles. The van der Waals surface area contributed by atoms with E-state index in [0.29, 0.717) is 16.9 Å². The van der Waals surface area contributed by atoms with Crippen molar-refractivity contribution in [3.63, 3.8) is 0 Å². The molecule has 2 aromatic carbocycles. The smallest absolute Gasteiger partial charge is 0.279 e. The zero-order chi connectivity index (χ0) is 24.1. The normalized spacial score (nSPS) is 11.7. The minimum atomic E-state index is -0.380. The van der Waals surface area contributed by atoms with Crippen LogP contribution >= 0.6 is 0 Å². The van der Waals surface area contributed by atoms with Crippen LogP contribution in [0.4, 0.5) is 0 Å². The van der Waals surface area contributed by atoms with E-state index in [1.807, 2.05) is 22.6 Å². The zero-order valence-corrected chi connectivity index (χ0v) is 20.3. The maximum atomic E-state index is 13.4. The van der Waals surface area contributed by atoms with Crippen LogP contribution in [0.5, 0.6) is 0 Å². The molecule has 5 aromatic rings. The summed E-state index contributed by atoms with van der Waals surface area (Å²) in [6.07, 6.45) is 2.78. The number of aryl methyl sites for hydroxylation is 4. The lowest BCUT2D eigenvalue weighted by Gasteiger charge is -2.13. The van der Waals surface area contributed by atoms with Gasteiger partial charge in [-0.3, -0.25) is 22.9 Å². The van der Waals surface area contributed by atoms with Crippen LogP contribution in [-0.4, -0.2) is 23.1 Å². The highest BCUT2D eigenvalue weighted by Gasteiger charge is 2.26. The summed E-state index contributed by atoms with van der Waals surface area (Å²) in [5, 5.41) is 0. The molecule has 0 bridgehead atoms. The van der Waals surface area contributed by atoms with Crippen LogP contribution in [0.25, 0.3) is 33.9 Å². The highest BCUT2D eigenvalue weighted by Crippen LogP contribution is 2.34. The molecule has 0 saturated carbocycles. The van der Waals surface area contributed by atoms with E-state index in [-0.39, 0.29) is 11.2 Å². The molecule has 5 rings (SSSR count). The number of rotatable bonds is 5. The standard InChI is InChI=1S/C27H29N5O2/c1-6-7-13-21-22(19-11-9-8-10-12-19)31(20-15-17(2)14-18(3)16-20)26-28-24-23(32(21)26)25(33)30(5)27(34)29(24)4/h8-12,14-16H,6-7,13H2,1-5H3. The number of benzene rings is 2. The van der Waals surface area contributed by atoms with Gasteiger partial charge in [-0.05, 0) is 49.9 Å². The van der Waals surface area contributed by atoms with E-state index >= 15 is 0 Å². The molecular formula is C27H29N5O2. The maximum Gasteiger partial charge on any atom is 0.332 e. The Bertz CT molecular complexity index is 1650. The van der Waals surface area contributed by atoms with Crippen molar-refractivity contribution in [1.82, 2.24) is 23.1 Å². The molecular weight excluding hydrogens is 426 g/mol. The van der Waals surface area contributed by atoms with E-state index in [1.54, 1.807) is 7.05 Å². The number of aromatic nitrogens is 5. The largest absolute Gasteiger partial charge is 0.332 e. The van der Waals surface area contributed by atoms with Crippen LogP contribution in [0.2, 0.25) is 0 Å². The second-order valence-corrected chi connectivity index (χ2v) is 9.07. The van der Waals surface area contributed by atoms with Crippen molar-refractivity contribution in [2.24, 2.45) is 14.1 Å². The van der Waals surface area contributed by atoms with Crippen molar-refractivity contribution in [3.05, 3.63) is 86.2 Å². The van der Waals surface area contributed by atoms with Gasteiger partial charge in [-0.1, -0.05) is 49.7 Å². The Morgan fingerprint density at radius 1 is 0.912 bits per heavy atom. The molecule has 0 fully saturated rings. The van der Waals surface area contributed by atoms with Crippen LogP contribution in [0.15, 0.2) is 58.1 Å². The molecule has 0 atom stereocenters. The van der Waals surface area contributed by atoms with E-state index in [4.69, 9.17) is 4.98 Å². The van der Waals surface area contributed by atoms with E-state index < -0.39 is 0 Å². The Labute approximate surface area is 197 Å². The first kappa shape index (κ1) is 21.9. The average molecular weight is 456 g/mol. The van der Waals surface area contributed by atoms with Crippen LogP contribution in [-0.2, 0) is 20.5 Å².